The standard InChI is InChI=1S/C14H31O4P.Na/c1-2-3-4-5-6-7-8-9-10-11-12-13-14-18-19(15,16)17;/h2-14H2,1H3,(H2,15,16,17);/q;+1/p-2. The van der Waals surface area contributed by atoms with Crippen LogP contribution >= 0.6 is 7.82 Å². The van der Waals surface area contributed by atoms with E-state index in [1.807, 2.05) is 0 Å². The van der Waals surface area contributed by atoms with Gasteiger partial charge in [-0.15, -0.1) is 0 Å². The summed E-state index contributed by atoms with van der Waals surface area (Å²) in [6.07, 6.45) is 14.6. The van der Waals surface area contributed by atoms with Gasteiger partial charge in [-0.1, -0.05) is 77.6 Å². The molecule has 0 atom stereocenters. The van der Waals surface area contributed by atoms with Gasteiger partial charge in [0.2, 0.25) is 0 Å². The second-order valence-corrected chi connectivity index (χ2v) is 6.32. The Kier molecular flexibility index (Phi) is 19.3. The van der Waals surface area contributed by atoms with Crippen LogP contribution in [-0.2, 0) is 9.09 Å². The predicted octanol–water partition coefficient (Wildman–Crippen LogP) is 0.537. The van der Waals surface area contributed by atoms with Crippen molar-refractivity contribution in [3.05, 3.63) is 0 Å². The average Bonchev–Trinajstić information content (AvgIpc) is 2.34. The van der Waals surface area contributed by atoms with Crippen LogP contribution in [0.2, 0.25) is 0 Å². The summed E-state index contributed by atoms with van der Waals surface area (Å²) >= 11 is 0. The van der Waals surface area contributed by atoms with Crippen LogP contribution in [0.15, 0.2) is 0 Å². The first-order valence-corrected chi connectivity index (χ1v) is 9.19. The van der Waals surface area contributed by atoms with Gasteiger partial charge >= 0.3 is 29.6 Å². The first kappa shape index (κ1) is 23.4. The van der Waals surface area contributed by atoms with Crippen molar-refractivity contribution in [1.82, 2.24) is 0 Å². The Hall–Kier alpha value is 1.11. The van der Waals surface area contributed by atoms with E-state index >= 15 is 0 Å². The molecule has 0 N–H and O–H groups in total. The van der Waals surface area contributed by atoms with E-state index < -0.39 is 7.82 Å². The maximum absolute atomic E-state index is 10.2. The zero-order valence-corrected chi connectivity index (χ0v) is 16.2. The first-order valence-electron chi connectivity index (χ1n) is 7.73. The maximum Gasteiger partial charge on any atom is 1.00 e. The molecule has 0 aliphatic rings. The van der Waals surface area contributed by atoms with Crippen molar-refractivity contribution in [2.24, 2.45) is 0 Å². The van der Waals surface area contributed by atoms with Crippen molar-refractivity contribution >= 4 is 7.82 Å². The van der Waals surface area contributed by atoms with E-state index in [1.54, 1.807) is 0 Å². The Morgan fingerprint density at radius 2 is 1.10 bits per heavy atom. The number of hydrogen-bond acceptors (Lipinski definition) is 4. The van der Waals surface area contributed by atoms with Crippen LogP contribution in [0.5, 0.6) is 0 Å². The molecule has 0 radical (unpaired) electrons. The molecule has 6 heteroatoms. The molecule has 0 bridgehead atoms. The second-order valence-electron chi connectivity index (χ2n) is 5.17. The van der Waals surface area contributed by atoms with Crippen LogP contribution in [0, 0.1) is 0 Å². The molecule has 0 saturated carbocycles. The molecule has 0 spiro atoms. The molecule has 0 aromatic heterocycles. The molecule has 0 aromatic carbocycles. The van der Waals surface area contributed by atoms with Gasteiger partial charge in [0, 0.05) is 0 Å². The molecule has 116 valence electrons. The zero-order valence-electron chi connectivity index (χ0n) is 13.3. The van der Waals surface area contributed by atoms with Crippen molar-refractivity contribution in [1.29, 1.82) is 0 Å². The molecule has 0 heterocycles. The van der Waals surface area contributed by atoms with Crippen LogP contribution in [-0.4, -0.2) is 6.61 Å². The number of hydrogen-bond donors (Lipinski definition) is 0. The van der Waals surface area contributed by atoms with Crippen molar-refractivity contribution in [2.75, 3.05) is 6.61 Å². The topological polar surface area (TPSA) is 72.4 Å². The normalized spacial score (nSPS) is 11.3. The largest absolute Gasteiger partial charge is 1.00 e. The predicted molar refractivity (Wildman–Crippen MR) is 74.6 cm³/mol. The molecule has 0 aliphatic heterocycles. The van der Waals surface area contributed by atoms with Crippen LogP contribution in [0.1, 0.15) is 84.0 Å². The van der Waals surface area contributed by atoms with Gasteiger partial charge in [-0.05, 0) is 6.42 Å². The fourth-order valence-electron chi connectivity index (χ4n) is 2.12. The summed E-state index contributed by atoms with van der Waals surface area (Å²) < 4.78 is 14.3. The van der Waals surface area contributed by atoms with Crippen LogP contribution < -0.4 is 39.3 Å². The van der Waals surface area contributed by atoms with Crippen LogP contribution in [0.4, 0.5) is 0 Å². The van der Waals surface area contributed by atoms with Crippen molar-refractivity contribution in [3.8, 4) is 0 Å². The van der Waals surface area contributed by atoms with Crippen molar-refractivity contribution < 1.29 is 48.4 Å². The third-order valence-electron chi connectivity index (χ3n) is 3.25. The van der Waals surface area contributed by atoms with Crippen LogP contribution in [0.25, 0.3) is 0 Å². The molecule has 0 saturated heterocycles. The third-order valence-corrected chi connectivity index (χ3v) is 3.75. The molecule has 0 amide bonds. The molecule has 4 nitrogen and oxygen atoms in total. The van der Waals surface area contributed by atoms with E-state index in [-0.39, 0.29) is 36.2 Å². The molecule has 0 unspecified atom stereocenters. The van der Waals surface area contributed by atoms with Gasteiger partial charge in [0.25, 0.3) is 0 Å². The summed E-state index contributed by atoms with van der Waals surface area (Å²) in [5.74, 6) is 0. The minimum atomic E-state index is -4.75. The van der Waals surface area contributed by atoms with Crippen molar-refractivity contribution in [2.45, 2.75) is 84.0 Å². The fraction of sp³-hybridized carbons (Fsp3) is 1.00. The zero-order chi connectivity index (χ0) is 14.4. The SMILES string of the molecule is CCCCCCCCCCCCCCOP(=O)([O-])[O-].[Na+]. The number of rotatable bonds is 14. The van der Waals surface area contributed by atoms with Gasteiger partial charge in [-0.3, -0.25) is 0 Å². The molecule has 0 aliphatic carbocycles. The number of unbranched alkanes of at least 4 members (excludes halogenated alkanes) is 11. The Morgan fingerprint density at radius 3 is 1.45 bits per heavy atom. The maximum atomic E-state index is 10.2. The summed E-state index contributed by atoms with van der Waals surface area (Å²) in [7, 11) is -4.75. The van der Waals surface area contributed by atoms with Gasteiger partial charge in [-0.25, -0.2) is 0 Å². The third kappa shape index (κ3) is 21.4. The summed E-state index contributed by atoms with van der Waals surface area (Å²) in [4.78, 5) is 20.4. The van der Waals surface area contributed by atoms with E-state index in [1.165, 1.54) is 57.8 Å². The summed E-state index contributed by atoms with van der Waals surface area (Å²) in [6, 6.07) is 0. The van der Waals surface area contributed by atoms with Crippen molar-refractivity contribution in [3.63, 3.8) is 0 Å². The minimum absolute atomic E-state index is 0. The van der Waals surface area contributed by atoms with E-state index in [9.17, 15) is 14.4 Å². The Morgan fingerprint density at radius 1 is 0.750 bits per heavy atom. The average molecular weight is 315 g/mol. The van der Waals surface area contributed by atoms with Gasteiger partial charge < -0.3 is 18.9 Å². The molecule has 0 aromatic rings. The molecular formula is C14H29NaO4P-. The fourth-order valence-corrected chi connectivity index (χ4v) is 2.47. The molecular weight excluding hydrogens is 286 g/mol. The smallest absolute Gasteiger partial charge is 0.790 e. The van der Waals surface area contributed by atoms with Gasteiger partial charge in [0.1, 0.15) is 0 Å². The van der Waals surface area contributed by atoms with Gasteiger partial charge in [0.15, 0.2) is 0 Å². The van der Waals surface area contributed by atoms with Gasteiger partial charge in [-0.2, -0.15) is 0 Å². The summed E-state index contributed by atoms with van der Waals surface area (Å²) in [6.45, 7) is 2.28. The summed E-state index contributed by atoms with van der Waals surface area (Å²) in [5, 5.41) is 0. The summed E-state index contributed by atoms with van der Waals surface area (Å²) in [5.41, 5.74) is 0. The van der Waals surface area contributed by atoms with E-state index in [0.717, 1.165) is 12.8 Å². The Labute approximate surface area is 146 Å². The minimum Gasteiger partial charge on any atom is -0.790 e. The molecule has 20 heavy (non-hydrogen) atoms. The van der Waals surface area contributed by atoms with Gasteiger partial charge in [0.05, 0.1) is 14.4 Å². The number of phosphoric ester groups is 1. The number of phosphoric acid groups is 1. The molecule has 0 fully saturated rings. The Bertz CT molecular complexity index is 233. The molecule has 0 rings (SSSR count). The van der Waals surface area contributed by atoms with E-state index in [2.05, 4.69) is 11.4 Å². The monoisotopic (exact) mass is 315 g/mol. The van der Waals surface area contributed by atoms with Crippen LogP contribution in [0.3, 0.4) is 0 Å². The second kappa shape index (κ2) is 16.5. The van der Waals surface area contributed by atoms with E-state index in [0.29, 0.717) is 6.42 Å². The quantitative estimate of drug-likeness (QED) is 0.266. The Balaban J connectivity index is 0. The van der Waals surface area contributed by atoms with E-state index in [4.69, 9.17) is 0 Å². The first-order chi connectivity index (χ1) is 9.06.